The quantitative estimate of drug-likeness (QED) is 0.912. The summed E-state index contributed by atoms with van der Waals surface area (Å²) >= 11 is 1.60. The monoisotopic (exact) mass is 287 g/mol. The molecule has 0 aliphatic carbocycles. The Morgan fingerprint density at radius 1 is 1.45 bits per heavy atom. The number of aromatic nitrogens is 1. The average Bonchev–Trinajstić information content (AvgIpc) is 3.03. The summed E-state index contributed by atoms with van der Waals surface area (Å²) in [5.41, 5.74) is 1.88. The minimum absolute atomic E-state index is 0.0762. The van der Waals surface area contributed by atoms with Crippen molar-refractivity contribution in [1.29, 1.82) is 0 Å². The molecule has 0 bridgehead atoms. The number of nitrogens with one attached hydrogen (secondary N) is 2. The largest absolute Gasteiger partial charge is 0.326 e. The topological polar surface area (TPSA) is 54.0 Å². The van der Waals surface area contributed by atoms with E-state index >= 15 is 0 Å². The predicted molar refractivity (Wildman–Crippen MR) is 81.8 cm³/mol. The molecule has 20 heavy (non-hydrogen) atoms. The van der Waals surface area contributed by atoms with Crippen LogP contribution in [0.1, 0.15) is 12.8 Å². The lowest BCUT2D eigenvalue weighted by Crippen LogP contribution is -2.37. The van der Waals surface area contributed by atoms with Crippen LogP contribution in [0.25, 0.3) is 10.6 Å². The van der Waals surface area contributed by atoms with Crippen LogP contribution < -0.4 is 10.6 Å². The Hall–Kier alpha value is -1.72. The first-order valence-corrected chi connectivity index (χ1v) is 7.72. The number of hydrogen-bond donors (Lipinski definition) is 2. The fourth-order valence-electron chi connectivity index (χ4n) is 2.42. The number of rotatable bonds is 3. The molecular formula is C15H17N3OS. The third-order valence-corrected chi connectivity index (χ3v) is 4.30. The van der Waals surface area contributed by atoms with E-state index in [0.29, 0.717) is 0 Å². The van der Waals surface area contributed by atoms with Crippen LogP contribution in [-0.2, 0) is 4.79 Å². The molecule has 1 aromatic carbocycles. The lowest BCUT2D eigenvalue weighted by atomic mass is 9.99. The Balaban J connectivity index is 1.71. The molecule has 1 atom stereocenters. The summed E-state index contributed by atoms with van der Waals surface area (Å²) in [5, 5.41) is 9.20. The Morgan fingerprint density at radius 3 is 3.15 bits per heavy atom. The number of carbonyl (C=O) groups is 1. The van der Waals surface area contributed by atoms with Crippen molar-refractivity contribution in [1.82, 2.24) is 10.3 Å². The number of nitrogens with zero attached hydrogens (tertiary/aromatic N) is 1. The minimum Gasteiger partial charge on any atom is -0.326 e. The van der Waals surface area contributed by atoms with Crippen molar-refractivity contribution in [3.63, 3.8) is 0 Å². The van der Waals surface area contributed by atoms with E-state index < -0.39 is 0 Å². The maximum atomic E-state index is 12.2. The molecule has 1 fully saturated rings. The van der Waals surface area contributed by atoms with Gasteiger partial charge in [0.05, 0.1) is 5.92 Å². The first-order chi connectivity index (χ1) is 9.83. The van der Waals surface area contributed by atoms with Gasteiger partial charge in [-0.3, -0.25) is 4.79 Å². The SMILES string of the molecule is O=C(Nc1cccc(-c2nccs2)c1)[C@H]1CCCNC1. The summed E-state index contributed by atoms with van der Waals surface area (Å²) in [6, 6.07) is 7.86. The van der Waals surface area contributed by atoms with Crippen LogP contribution in [0.2, 0.25) is 0 Å². The minimum atomic E-state index is 0.0762. The van der Waals surface area contributed by atoms with Gasteiger partial charge in [-0.25, -0.2) is 4.98 Å². The van der Waals surface area contributed by atoms with Gasteiger partial charge in [0.15, 0.2) is 0 Å². The summed E-state index contributed by atoms with van der Waals surface area (Å²) in [7, 11) is 0. The fraction of sp³-hybridized carbons (Fsp3) is 0.333. The molecule has 0 radical (unpaired) electrons. The molecule has 1 aliphatic rings. The molecule has 1 amide bonds. The number of amides is 1. The Morgan fingerprint density at radius 2 is 2.40 bits per heavy atom. The average molecular weight is 287 g/mol. The van der Waals surface area contributed by atoms with E-state index in [1.807, 2.05) is 29.6 Å². The highest BCUT2D eigenvalue weighted by Gasteiger charge is 2.20. The van der Waals surface area contributed by atoms with E-state index in [1.165, 1.54) is 0 Å². The second-order valence-corrected chi connectivity index (χ2v) is 5.85. The normalized spacial score (nSPS) is 18.7. The Bertz CT molecular complexity index is 577. The number of anilines is 1. The smallest absolute Gasteiger partial charge is 0.228 e. The van der Waals surface area contributed by atoms with Gasteiger partial charge in [0, 0.05) is 29.4 Å². The van der Waals surface area contributed by atoms with Crippen molar-refractivity contribution in [2.45, 2.75) is 12.8 Å². The van der Waals surface area contributed by atoms with Crippen molar-refractivity contribution in [2.24, 2.45) is 5.92 Å². The van der Waals surface area contributed by atoms with Crippen molar-refractivity contribution >= 4 is 22.9 Å². The summed E-state index contributed by atoms with van der Waals surface area (Å²) < 4.78 is 0. The van der Waals surface area contributed by atoms with E-state index in [0.717, 1.165) is 42.2 Å². The van der Waals surface area contributed by atoms with E-state index in [9.17, 15) is 4.79 Å². The van der Waals surface area contributed by atoms with Gasteiger partial charge in [-0.2, -0.15) is 0 Å². The van der Waals surface area contributed by atoms with E-state index in [-0.39, 0.29) is 11.8 Å². The zero-order valence-corrected chi connectivity index (χ0v) is 12.0. The lowest BCUT2D eigenvalue weighted by molar-refractivity contribution is -0.120. The molecule has 0 unspecified atom stereocenters. The molecule has 2 N–H and O–H groups in total. The fourth-order valence-corrected chi connectivity index (χ4v) is 3.05. The van der Waals surface area contributed by atoms with Crippen LogP contribution in [-0.4, -0.2) is 24.0 Å². The van der Waals surface area contributed by atoms with Gasteiger partial charge in [0.2, 0.25) is 5.91 Å². The van der Waals surface area contributed by atoms with E-state index in [4.69, 9.17) is 0 Å². The highest BCUT2D eigenvalue weighted by Crippen LogP contribution is 2.24. The molecule has 1 saturated heterocycles. The first-order valence-electron chi connectivity index (χ1n) is 6.84. The summed E-state index contributed by atoms with van der Waals surface area (Å²) in [4.78, 5) is 16.5. The van der Waals surface area contributed by atoms with Crippen molar-refractivity contribution in [2.75, 3.05) is 18.4 Å². The third-order valence-electron chi connectivity index (χ3n) is 3.48. The summed E-state index contributed by atoms with van der Waals surface area (Å²) in [6.07, 6.45) is 3.82. The highest BCUT2D eigenvalue weighted by molar-refractivity contribution is 7.13. The molecule has 2 heterocycles. The van der Waals surface area contributed by atoms with E-state index in [2.05, 4.69) is 15.6 Å². The second-order valence-electron chi connectivity index (χ2n) is 4.95. The van der Waals surface area contributed by atoms with Gasteiger partial charge in [-0.15, -0.1) is 11.3 Å². The molecule has 0 spiro atoms. The Kier molecular flexibility index (Phi) is 4.08. The maximum absolute atomic E-state index is 12.2. The molecular weight excluding hydrogens is 270 g/mol. The van der Waals surface area contributed by atoms with Gasteiger partial charge in [0.1, 0.15) is 5.01 Å². The molecule has 4 nitrogen and oxygen atoms in total. The summed E-state index contributed by atoms with van der Waals surface area (Å²) in [5.74, 6) is 0.181. The van der Waals surface area contributed by atoms with Crippen LogP contribution in [0.5, 0.6) is 0 Å². The van der Waals surface area contributed by atoms with Crippen LogP contribution in [0.3, 0.4) is 0 Å². The lowest BCUT2D eigenvalue weighted by Gasteiger charge is -2.21. The van der Waals surface area contributed by atoms with Gasteiger partial charge in [0.25, 0.3) is 0 Å². The van der Waals surface area contributed by atoms with Crippen LogP contribution in [0.15, 0.2) is 35.8 Å². The number of benzene rings is 1. The van der Waals surface area contributed by atoms with Gasteiger partial charge < -0.3 is 10.6 Å². The molecule has 3 rings (SSSR count). The second kappa shape index (κ2) is 6.15. The van der Waals surface area contributed by atoms with Crippen molar-refractivity contribution in [3.05, 3.63) is 35.8 Å². The van der Waals surface area contributed by atoms with Gasteiger partial charge in [-0.05, 0) is 31.5 Å². The molecule has 0 saturated carbocycles. The first kappa shape index (κ1) is 13.3. The van der Waals surface area contributed by atoms with Crippen molar-refractivity contribution in [3.8, 4) is 10.6 Å². The number of hydrogen-bond acceptors (Lipinski definition) is 4. The molecule has 1 aromatic heterocycles. The zero-order valence-electron chi connectivity index (χ0n) is 11.1. The molecule has 5 heteroatoms. The third kappa shape index (κ3) is 3.05. The van der Waals surface area contributed by atoms with Gasteiger partial charge in [-0.1, -0.05) is 12.1 Å². The molecule has 104 valence electrons. The maximum Gasteiger partial charge on any atom is 0.228 e. The van der Waals surface area contributed by atoms with Crippen LogP contribution in [0.4, 0.5) is 5.69 Å². The highest BCUT2D eigenvalue weighted by atomic mass is 32.1. The number of piperidine rings is 1. The number of thiazole rings is 1. The molecule has 1 aliphatic heterocycles. The molecule has 2 aromatic rings. The van der Waals surface area contributed by atoms with E-state index in [1.54, 1.807) is 17.5 Å². The summed E-state index contributed by atoms with van der Waals surface area (Å²) in [6.45, 7) is 1.79. The predicted octanol–water partition coefficient (Wildman–Crippen LogP) is 2.75. The Labute approximate surface area is 122 Å². The number of carbonyl (C=O) groups excluding carboxylic acids is 1. The van der Waals surface area contributed by atoms with Crippen molar-refractivity contribution < 1.29 is 4.79 Å². The zero-order chi connectivity index (χ0) is 13.8. The van der Waals surface area contributed by atoms with Crippen LogP contribution in [0, 0.1) is 5.92 Å². The standard InChI is InChI=1S/C15H17N3OS/c19-14(12-4-2-6-16-10-12)18-13-5-1-3-11(9-13)15-17-7-8-20-15/h1,3,5,7-9,12,16H,2,4,6,10H2,(H,18,19)/t12-/m0/s1. The van der Waals surface area contributed by atoms with Gasteiger partial charge >= 0.3 is 0 Å². The van der Waals surface area contributed by atoms with Crippen LogP contribution >= 0.6 is 11.3 Å².